The third-order valence-corrected chi connectivity index (χ3v) is 7.37. The third-order valence-electron chi connectivity index (χ3n) is 7.37. The van der Waals surface area contributed by atoms with Gasteiger partial charge in [0.15, 0.2) is 18.4 Å². The second-order valence-corrected chi connectivity index (χ2v) is 11.3. The van der Waals surface area contributed by atoms with Gasteiger partial charge in [0.05, 0.1) is 12.7 Å². The maximum absolute atomic E-state index is 13.6. The Balaban J connectivity index is 1.61. The van der Waals surface area contributed by atoms with E-state index in [-0.39, 0.29) is 29.8 Å². The molecule has 0 amide bonds. The van der Waals surface area contributed by atoms with Crippen molar-refractivity contribution in [1.82, 2.24) is 4.98 Å². The Labute approximate surface area is 264 Å². The molecule has 0 spiro atoms. The van der Waals surface area contributed by atoms with Crippen LogP contribution in [0.1, 0.15) is 56.5 Å². The molecule has 0 saturated carbocycles. The molecule has 11 nitrogen and oxygen atoms in total. The Hall–Kier alpha value is -4.00. The number of ether oxygens (including phenoxy) is 6. The minimum Gasteiger partial charge on any atom is -0.493 e. The van der Waals surface area contributed by atoms with Crippen LogP contribution in [0.4, 0.5) is 5.82 Å². The van der Waals surface area contributed by atoms with Gasteiger partial charge in [-0.1, -0.05) is 31.2 Å². The number of pyridine rings is 1. The van der Waals surface area contributed by atoms with E-state index < -0.39 is 30.1 Å². The van der Waals surface area contributed by atoms with E-state index in [0.717, 1.165) is 0 Å². The van der Waals surface area contributed by atoms with Gasteiger partial charge in [-0.25, -0.2) is 9.78 Å². The quantitative estimate of drug-likeness (QED) is 0.117. The monoisotopic (exact) mass is 619 g/mol. The molecule has 1 aromatic carbocycles. The highest BCUT2D eigenvalue weighted by Gasteiger charge is 2.43. The fraction of sp³-hybridized carbons (Fsp3) is 0.455. The molecule has 1 fully saturated rings. The zero-order valence-corrected chi connectivity index (χ0v) is 26.3. The standard InChI is InChI=1S/C33H40BN2O9/c1-22-13-14-26(38)31-27(44-33(3,4)45-31)11-8-10-24-18-25(19-28(42-21-40-5)30(24)32(39)43-23(22)2)41-17-9-16-36(34-20-37)29-12-6-7-15-35-29/h6-8,10,12-15,18-20,22-23,27,31H,9,11,16-17,21H2,1-5H3/b10-8+,14-13-/t22-,23?,27?,31?/m1/s1. The van der Waals surface area contributed by atoms with Crippen molar-refractivity contribution in [3.05, 3.63) is 65.9 Å². The molecular weight excluding hydrogens is 579 g/mol. The fourth-order valence-electron chi connectivity index (χ4n) is 4.98. The molecule has 2 aliphatic heterocycles. The largest absolute Gasteiger partial charge is 0.493 e. The van der Waals surface area contributed by atoms with Gasteiger partial charge in [-0.15, -0.1) is 0 Å². The topological polar surface area (TPSA) is 123 Å². The zero-order valence-electron chi connectivity index (χ0n) is 26.3. The molecular formula is C33H40BN2O9. The van der Waals surface area contributed by atoms with Crippen molar-refractivity contribution < 1.29 is 42.8 Å². The molecule has 2 aliphatic rings. The van der Waals surface area contributed by atoms with Gasteiger partial charge >= 0.3 is 13.4 Å². The van der Waals surface area contributed by atoms with Crippen molar-refractivity contribution in [2.75, 3.05) is 31.9 Å². The summed E-state index contributed by atoms with van der Waals surface area (Å²) in [7, 11) is 2.91. The van der Waals surface area contributed by atoms with E-state index >= 15 is 0 Å². The molecule has 12 heteroatoms. The van der Waals surface area contributed by atoms with Crippen LogP contribution in [-0.2, 0) is 28.5 Å². The molecule has 3 heterocycles. The average Bonchev–Trinajstić information content (AvgIpc) is 3.33. The lowest BCUT2D eigenvalue weighted by atomic mass is 9.94. The first-order valence-corrected chi connectivity index (χ1v) is 15.0. The Bertz CT molecular complexity index is 1380. The summed E-state index contributed by atoms with van der Waals surface area (Å²) in [5.74, 6) is -0.631. The molecule has 4 atom stereocenters. The molecule has 0 bridgehead atoms. The number of hydrogen-bond donors (Lipinski definition) is 0. The number of aromatic nitrogens is 1. The number of esters is 1. The van der Waals surface area contributed by atoms with Gasteiger partial charge in [-0.2, -0.15) is 0 Å². The lowest BCUT2D eigenvalue weighted by Crippen LogP contribution is -2.31. The van der Waals surface area contributed by atoms with E-state index in [4.69, 9.17) is 28.4 Å². The molecule has 1 aromatic heterocycles. The van der Waals surface area contributed by atoms with Gasteiger partial charge in [0.25, 0.3) is 0 Å². The summed E-state index contributed by atoms with van der Waals surface area (Å²) in [5, 5.41) is 0. The number of anilines is 1. The van der Waals surface area contributed by atoms with Crippen molar-refractivity contribution in [2.45, 2.75) is 64.6 Å². The summed E-state index contributed by atoms with van der Waals surface area (Å²) in [5.41, 5.74) is 0.718. The lowest BCUT2D eigenvalue weighted by Gasteiger charge is -2.22. The maximum Gasteiger partial charge on any atom is 0.342 e. The zero-order chi connectivity index (χ0) is 32.4. The highest BCUT2D eigenvalue weighted by atomic mass is 16.8. The highest BCUT2D eigenvalue weighted by molar-refractivity contribution is 6.70. The van der Waals surface area contributed by atoms with Gasteiger partial charge in [-0.05, 0) is 63.5 Å². The Kier molecular flexibility index (Phi) is 11.9. The molecule has 4 rings (SSSR count). The maximum atomic E-state index is 13.6. The number of methoxy groups -OCH3 is 1. The number of rotatable bonds is 11. The number of nitrogens with zero attached hydrogens (tertiary/aromatic N) is 2. The van der Waals surface area contributed by atoms with Crippen LogP contribution in [0.2, 0.25) is 0 Å². The van der Waals surface area contributed by atoms with Crippen LogP contribution < -0.4 is 14.3 Å². The Morgan fingerprint density at radius 1 is 1.13 bits per heavy atom. The number of fused-ring (bicyclic) bond motifs is 2. The molecule has 45 heavy (non-hydrogen) atoms. The molecule has 3 unspecified atom stereocenters. The second-order valence-electron chi connectivity index (χ2n) is 11.3. The fourth-order valence-corrected chi connectivity index (χ4v) is 4.98. The minimum atomic E-state index is -0.922. The predicted molar refractivity (Wildman–Crippen MR) is 169 cm³/mol. The van der Waals surface area contributed by atoms with Crippen LogP contribution in [0, 0.1) is 5.92 Å². The number of carbonyl (C=O) groups is 3. The number of hydrogen-bond acceptors (Lipinski definition) is 11. The van der Waals surface area contributed by atoms with E-state index in [1.165, 1.54) is 20.6 Å². The summed E-state index contributed by atoms with van der Waals surface area (Å²) < 4.78 is 34.9. The molecule has 239 valence electrons. The van der Waals surface area contributed by atoms with Crippen LogP contribution in [0.15, 0.2) is 54.8 Å². The average molecular weight is 620 g/mol. The Morgan fingerprint density at radius 3 is 2.69 bits per heavy atom. The van der Waals surface area contributed by atoms with Crippen molar-refractivity contribution in [2.24, 2.45) is 5.92 Å². The van der Waals surface area contributed by atoms with Crippen LogP contribution in [0.3, 0.4) is 0 Å². The summed E-state index contributed by atoms with van der Waals surface area (Å²) in [6.45, 7) is 7.87. The number of ketones is 1. The smallest absolute Gasteiger partial charge is 0.342 e. The number of cyclic esters (lactones) is 1. The second kappa shape index (κ2) is 15.8. The normalized spacial score (nSPS) is 24.3. The van der Waals surface area contributed by atoms with Gasteiger partial charge in [-0.3, -0.25) is 4.79 Å². The highest BCUT2D eigenvalue weighted by Crippen LogP contribution is 2.34. The molecule has 0 N–H and O–H groups in total. The predicted octanol–water partition coefficient (Wildman–Crippen LogP) is 4.39. The first kappa shape index (κ1) is 33.9. The van der Waals surface area contributed by atoms with Crippen molar-refractivity contribution in [3.63, 3.8) is 0 Å². The van der Waals surface area contributed by atoms with E-state index in [1.54, 1.807) is 62.1 Å². The van der Waals surface area contributed by atoms with E-state index in [2.05, 4.69) is 4.98 Å². The van der Waals surface area contributed by atoms with E-state index in [0.29, 0.717) is 49.3 Å². The van der Waals surface area contributed by atoms with Crippen molar-refractivity contribution >= 4 is 37.2 Å². The third kappa shape index (κ3) is 9.26. The molecule has 0 aliphatic carbocycles. The van der Waals surface area contributed by atoms with Crippen LogP contribution in [0.5, 0.6) is 11.5 Å². The van der Waals surface area contributed by atoms with Crippen LogP contribution in [0.25, 0.3) is 6.08 Å². The molecule has 2 aromatic rings. The first-order valence-electron chi connectivity index (χ1n) is 15.0. The lowest BCUT2D eigenvalue weighted by molar-refractivity contribution is -0.152. The van der Waals surface area contributed by atoms with Crippen molar-refractivity contribution in [3.8, 4) is 11.5 Å². The SMILES string of the molecule is COCOc1cc(OCCCN([B]C=O)c2ccccn2)cc2c1C(=O)OC(C)[C@H](C)/C=C\C(=O)C1OC(C)(C)OC1C/C=C/2. The number of carbonyl (C=O) groups excluding carboxylic acids is 3. The van der Waals surface area contributed by atoms with Crippen LogP contribution in [-0.4, -0.2) is 81.5 Å². The summed E-state index contributed by atoms with van der Waals surface area (Å²) in [6, 6.07) is 8.84. The Morgan fingerprint density at radius 2 is 1.96 bits per heavy atom. The van der Waals surface area contributed by atoms with E-state index in [9.17, 15) is 14.4 Å². The molecule has 1 radical (unpaired) electrons. The van der Waals surface area contributed by atoms with Gasteiger partial charge in [0, 0.05) is 31.8 Å². The van der Waals surface area contributed by atoms with Crippen LogP contribution >= 0.6 is 0 Å². The number of benzene rings is 1. The van der Waals surface area contributed by atoms with Gasteiger partial charge in [0.2, 0.25) is 0 Å². The first-order chi connectivity index (χ1) is 21.6. The summed E-state index contributed by atoms with van der Waals surface area (Å²) in [6.07, 6.45) is 8.24. The summed E-state index contributed by atoms with van der Waals surface area (Å²) >= 11 is 0. The molecule has 1 saturated heterocycles. The summed E-state index contributed by atoms with van der Waals surface area (Å²) in [4.78, 5) is 43.9. The van der Waals surface area contributed by atoms with Crippen molar-refractivity contribution in [1.29, 1.82) is 0 Å². The van der Waals surface area contributed by atoms with E-state index in [1.807, 2.05) is 25.1 Å². The minimum absolute atomic E-state index is 0.103. The van der Waals surface area contributed by atoms with Gasteiger partial charge in [0.1, 0.15) is 41.3 Å². The van der Waals surface area contributed by atoms with Gasteiger partial charge < -0.3 is 38.0 Å².